The molecule has 4 nitrogen and oxygen atoms in total. The van der Waals surface area contributed by atoms with E-state index in [0.717, 1.165) is 0 Å². The summed E-state index contributed by atoms with van der Waals surface area (Å²) >= 11 is 0. The van der Waals surface area contributed by atoms with Crippen LogP contribution in [0.15, 0.2) is 28.2 Å². The van der Waals surface area contributed by atoms with Crippen LogP contribution in [0.25, 0.3) is 0 Å². The normalized spacial score (nSPS) is 18.2. The Bertz CT molecular complexity index is 429. The second-order valence-corrected chi connectivity index (χ2v) is 6.40. The lowest BCUT2D eigenvalue weighted by Crippen LogP contribution is -2.23. The van der Waals surface area contributed by atoms with Crippen molar-refractivity contribution < 1.29 is 8.42 Å². The Hall–Kier alpha value is -0.940. The Kier molecular flexibility index (Phi) is 5.78. The number of nitrogens with zero attached hydrogens (tertiary/aromatic N) is 2. The van der Waals surface area contributed by atoms with Crippen LogP contribution in [-0.4, -0.2) is 33.0 Å². The summed E-state index contributed by atoms with van der Waals surface area (Å²) in [5.74, 6) is 0. The molecule has 1 aliphatic heterocycles. The zero-order valence-corrected chi connectivity index (χ0v) is 12.2. The van der Waals surface area contributed by atoms with Gasteiger partial charge in [-0.15, -0.1) is 0 Å². The molecule has 0 saturated carbocycles. The van der Waals surface area contributed by atoms with Crippen molar-refractivity contribution >= 4 is 16.2 Å². The average Bonchev–Trinajstić information content (AvgIpc) is 2.42. The quantitative estimate of drug-likeness (QED) is 0.763. The van der Waals surface area contributed by atoms with Gasteiger partial charge in [-0.05, 0) is 6.08 Å². The molecule has 98 valence electrons. The predicted octanol–water partition coefficient (Wildman–Crippen LogP) is 2.41. The van der Waals surface area contributed by atoms with Crippen molar-refractivity contribution in [1.82, 2.24) is 4.31 Å². The van der Waals surface area contributed by atoms with E-state index in [9.17, 15) is 8.42 Å². The maximum atomic E-state index is 11.8. The van der Waals surface area contributed by atoms with Gasteiger partial charge in [-0.2, -0.15) is 0 Å². The van der Waals surface area contributed by atoms with Crippen LogP contribution in [0, 0.1) is 5.41 Å². The highest BCUT2D eigenvalue weighted by Gasteiger charge is 2.21. The molecule has 0 aromatic rings. The molecule has 5 heteroatoms. The van der Waals surface area contributed by atoms with E-state index < -0.39 is 10.0 Å². The Morgan fingerprint density at radius 3 is 2.24 bits per heavy atom. The maximum absolute atomic E-state index is 11.8. The van der Waals surface area contributed by atoms with E-state index in [1.165, 1.54) is 24.6 Å². The Morgan fingerprint density at radius 1 is 1.24 bits per heavy atom. The molecule has 1 rings (SSSR count). The highest BCUT2D eigenvalue weighted by molar-refractivity contribution is 7.93. The first-order valence-electron chi connectivity index (χ1n) is 5.62. The molecule has 0 fully saturated rings. The van der Waals surface area contributed by atoms with Crippen LogP contribution < -0.4 is 0 Å². The van der Waals surface area contributed by atoms with E-state index in [1.54, 1.807) is 12.3 Å². The van der Waals surface area contributed by atoms with Gasteiger partial charge in [0.15, 0.2) is 0 Å². The van der Waals surface area contributed by atoms with Crippen LogP contribution in [0.5, 0.6) is 0 Å². The van der Waals surface area contributed by atoms with Crippen LogP contribution in [-0.2, 0) is 10.0 Å². The number of allylic oxidation sites excluding steroid dienone is 2. The minimum absolute atomic E-state index is 0.208. The molecule has 0 unspecified atom stereocenters. The summed E-state index contributed by atoms with van der Waals surface area (Å²) in [6.45, 7) is 7.93. The fraction of sp³-hybridized carbons (Fsp3) is 0.583. The highest BCUT2D eigenvalue weighted by atomic mass is 32.2. The molecule has 0 atom stereocenters. The highest BCUT2D eigenvalue weighted by Crippen LogP contribution is 2.21. The SMILES string of the molecule is CC.CN(C)S(=O)(=O)C1=CN=CC(C)(C)C=C1. The number of hydrogen-bond donors (Lipinski definition) is 0. The van der Waals surface area contributed by atoms with Crippen LogP contribution in [0.1, 0.15) is 27.7 Å². The Balaban J connectivity index is 0.00000121. The molecular formula is C12H22N2O2S. The van der Waals surface area contributed by atoms with E-state index in [4.69, 9.17) is 0 Å². The van der Waals surface area contributed by atoms with Gasteiger partial charge < -0.3 is 0 Å². The molecule has 1 heterocycles. The molecule has 0 N–H and O–H groups in total. The van der Waals surface area contributed by atoms with Crippen molar-refractivity contribution in [2.45, 2.75) is 27.7 Å². The Labute approximate surface area is 105 Å². The van der Waals surface area contributed by atoms with Gasteiger partial charge in [-0.25, -0.2) is 12.7 Å². The van der Waals surface area contributed by atoms with Gasteiger partial charge in [0.1, 0.15) is 4.91 Å². The Morgan fingerprint density at radius 2 is 1.76 bits per heavy atom. The standard InChI is InChI=1S/C10H16N2O2S.C2H6/c1-10(2)6-5-9(7-11-8-10)15(13,14)12(3)4;1-2/h5-8H,1-4H3;1-2H3. The third-order valence-corrected chi connectivity index (χ3v) is 3.86. The average molecular weight is 258 g/mol. The second kappa shape index (κ2) is 6.12. The summed E-state index contributed by atoms with van der Waals surface area (Å²) in [4.78, 5) is 4.22. The number of aliphatic imine (C=N–C) groups is 1. The lowest BCUT2D eigenvalue weighted by atomic mass is 9.95. The van der Waals surface area contributed by atoms with Gasteiger partial charge in [0, 0.05) is 31.9 Å². The zero-order chi connectivity index (χ0) is 13.7. The molecule has 0 aromatic heterocycles. The first-order chi connectivity index (χ1) is 7.76. The largest absolute Gasteiger partial charge is 0.267 e. The lowest BCUT2D eigenvalue weighted by Gasteiger charge is -2.12. The van der Waals surface area contributed by atoms with Crippen molar-refractivity contribution in [3.63, 3.8) is 0 Å². The van der Waals surface area contributed by atoms with E-state index >= 15 is 0 Å². The molecule has 0 aliphatic carbocycles. The fourth-order valence-electron chi connectivity index (χ4n) is 1.05. The van der Waals surface area contributed by atoms with Crippen molar-refractivity contribution in [1.29, 1.82) is 0 Å². The van der Waals surface area contributed by atoms with Crippen molar-refractivity contribution in [3.8, 4) is 0 Å². The first kappa shape index (κ1) is 16.1. The predicted molar refractivity (Wildman–Crippen MR) is 73.5 cm³/mol. The van der Waals surface area contributed by atoms with Crippen LogP contribution in [0.3, 0.4) is 0 Å². The first-order valence-corrected chi connectivity index (χ1v) is 7.06. The van der Waals surface area contributed by atoms with Crippen LogP contribution >= 0.6 is 0 Å². The van der Waals surface area contributed by atoms with E-state index in [1.807, 2.05) is 33.8 Å². The summed E-state index contributed by atoms with van der Waals surface area (Å²) < 4.78 is 24.7. The van der Waals surface area contributed by atoms with Crippen molar-refractivity contribution in [2.75, 3.05) is 14.1 Å². The van der Waals surface area contributed by atoms with Gasteiger partial charge in [0.2, 0.25) is 10.0 Å². The van der Waals surface area contributed by atoms with E-state index in [0.29, 0.717) is 0 Å². The van der Waals surface area contributed by atoms with Crippen LogP contribution in [0.4, 0.5) is 0 Å². The summed E-state index contributed by atoms with van der Waals surface area (Å²) in [6, 6.07) is 0. The summed E-state index contributed by atoms with van der Waals surface area (Å²) in [5, 5.41) is 0. The molecule has 0 amide bonds. The van der Waals surface area contributed by atoms with E-state index in [2.05, 4.69) is 4.99 Å². The molecule has 1 aliphatic rings. The molecule has 17 heavy (non-hydrogen) atoms. The van der Waals surface area contributed by atoms with Crippen molar-refractivity contribution in [3.05, 3.63) is 23.3 Å². The summed E-state index contributed by atoms with van der Waals surface area (Å²) in [7, 11) is -0.372. The zero-order valence-electron chi connectivity index (χ0n) is 11.4. The molecule has 0 saturated heterocycles. The summed E-state index contributed by atoms with van der Waals surface area (Å²) in [5.41, 5.74) is -0.208. The third-order valence-electron chi connectivity index (χ3n) is 2.06. The maximum Gasteiger partial charge on any atom is 0.244 e. The van der Waals surface area contributed by atoms with Crippen molar-refractivity contribution in [2.24, 2.45) is 10.4 Å². The monoisotopic (exact) mass is 258 g/mol. The molecular weight excluding hydrogens is 236 g/mol. The third kappa shape index (κ3) is 4.44. The smallest absolute Gasteiger partial charge is 0.244 e. The molecule has 0 radical (unpaired) electrons. The topological polar surface area (TPSA) is 49.7 Å². The van der Waals surface area contributed by atoms with Gasteiger partial charge in [-0.3, -0.25) is 4.99 Å². The van der Waals surface area contributed by atoms with Gasteiger partial charge in [0.25, 0.3) is 0 Å². The fourth-order valence-corrected chi connectivity index (χ4v) is 1.90. The lowest BCUT2D eigenvalue weighted by molar-refractivity contribution is 0.529. The number of sulfonamides is 1. The second-order valence-electron chi connectivity index (χ2n) is 4.25. The van der Waals surface area contributed by atoms with Crippen LogP contribution in [0.2, 0.25) is 0 Å². The number of hydrogen-bond acceptors (Lipinski definition) is 3. The molecule has 0 aromatic carbocycles. The molecule has 0 bridgehead atoms. The van der Waals surface area contributed by atoms with Gasteiger partial charge in [0.05, 0.1) is 0 Å². The minimum atomic E-state index is -3.38. The minimum Gasteiger partial charge on any atom is -0.267 e. The van der Waals surface area contributed by atoms with Gasteiger partial charge in [-0.1, -0.05) is 33.8 Å². The van der Waals surface area contributed by atoms with Gasteiger partial charge >= 0.3 is 0 Å². The summed E-state index contributed by atoms with van der Waals surface area (Å²) in [6.07, 6.45) is 6.53. The molecule has 0 spiro atoms. The van der Waals surface area contributed by atoms with E-state index in [-0.39, 0.29) is 10.3 Å². The number of rotatable bonds is 2.